The first-order valence-corrected chi connectivity index (χ1v) is 10.8. The van der Waals surface area contributed by atoms with E-state index < -0.39 is 0 Å². The molecule has 0 aliphatic heterocycles. The van der Waals surface area contributed by atoms with E-state index in [0.29, 0.717) is 0 Å². The van der Waals surface area contributed by atoms with Gasteiger partial charge in [-0.3, -0.25) is 0 Å². The van der Waals surface area contributed by atoms with Crippen LogP contribution in [0.15, 0.2) is 6.07 Å². The van der Waals surface area contributed by atoms with Gasteiger partial charge in [-0.1, -0.05) is 27.7 Å². The van der Waals surface area contributed by atoms with Crippen LogP contribution in [0.3, 0.4) is 0 Å². The quantitative estimate of drug-likeness (QED) is 0.503. The second-order valence-corrected chi connectivity index (χ2v) is 2.89. The minimum absolute atomic E-state index is 1.19. The van der Waals surface area contributed by atoms with Gasteiger partial charge in [-0.2, -0.15) is 34.4 Å². The average Bonchev–Trinajstić information content (AvgIpc) is 2.05. The van der Waals surface area contributed by atoms with Crippen LogP contribution in [-0.2, 0) is 16.3 Å². The van der Waals surface area contributed by atoms with Gasteiger partial charge in [0.05, 0.1) is 0 Å². The number of hydrogen-bond acceptors (Lipinski definition) is 0. The third-order valence-electron chi connectivity index (χ3n) is 1.99. The Labute approximate surface area is 91.8 Å². The Balaban J connectivity index is 0.000000561. The van der Waals surface area contributed by atoms with Gasteiger partial charge in [-0.25, -0.2) is 0 Å². The molecule has 0 fully saturated rings. The molecule has 62 valence electrons. The fourth-order valence-corrected chi connectivity index (χ4v) is 1.02. The molecule has 1 aromatic carbocycles. The van der Waals surface area contributed by atoms with Crippen LogP contribution in [0, 0.1) is 33.8 Å². The molecular weight excluding hydrogens is 265 g/mol. The normalized spacial score (nSPS) is 8.92. The molecule has 0 amide bonds. The third kappa shape index (κ3) is 3.37. The van der Waals surface area contributed by atoms with Crippen LogP contribution in [0.25, 0.3) is 0 Å². The first kappa shape index (κ1) is 12.3. The summed E-state index contributed by atoms with van der Waals surface area (Å²) in [6.07, 6.45) is 0. The third-order valence-corrected chi connectivity index (χ3v) is 1.99. The molecule has 12 heavy (non-hydrogen) atoms. The van der Waals surface area contributed by atoms with E-state index in [1.54, 1.807) is 0 Å². The molecule has 0 saturated carbocycles. The van der Waals surface area contributed by atoms with Gasteiger partial charge in [-0.15, -0.1) is 0 Å². The minimum atomic E-state index is 1.19. The van der Waals surface area contributed by atoms with Crippen LogP contribution in [-0.4, -0.2) is 0 Å². The van der Waals surface area contributed by atoms with Crippen molar-refractivity contribution in [1.82, 2.24) is 0 Å². The summed E-state index contributed by atoms with van der Waals surface area (Å²) >= 11 is 4.25. The Kier molecular flexibility index (Phi) is 6.04. The number of aryl methyl sites for hydroxylation is 4. The molecule has 0 aliphatic rings. The van der Waals surface area contributed by atoms with Crippen LogP contribution in [0.2, 0.25) is 0 Å². The summed E-state index contributed by atoms with van der Waals surface area (Å²) in [4.78, 5) is 0. The summed E-state index contributed by atoms with van der Waals surface area (Å²) in [6.45, 7) is 8.44. The summed E-state index contributed by atoms with van der Waals surface area (Å²) in [7, 11) is 0. The second kappa shape index (κ2) is 5.88. The Morgan fingerprint density at radius 3 is 1.58 bits per heavy atom. The van der Waals surface area contributed by atoms with Crippen molar-refractivity contribution < 1.29 is 16.3 Å². The van der Waals surface area contributed by atoms with Crippen molar-refractivity contribution in [3.8, 4) is 0 Å². The van der Waals surface area contributed by atoms with Gasteiger partial charge in [0.15, 0.2) is 0 Å². The van der Waals surface area contributed by atoms with Gasteiger partial charge in [0.2, 0.25) is 0 Å². The van der Waals surface area contributed by atoms with Crippen LogP contribution >= 0.6 is 13.6 Å². The SMILES string of the molecule is Cc1[c-]c(C)c(C)cc1C.[Zn+][Br]. The summed E-state index contributed by atoms with van der Waals surface area (Å²) in [5, 5.41) is 0. The van der Waals surface area contributed by atoms with Gasteiger partial charge in [0.25, 0.3) is 0 Å². The van der Waals surface area contributed by atoms with Crippen molar-refractivity contribution in [3.63, 3.8) is 0 Å². The summed E-state index contributed by atoms with van der Waals surface area (Å²) in [5.74, 6) is 0. The maximum absolute atomic E-state index is 3.31. The summed E-state index contributed by atoms with van der Waals surface area (Å²) in [6, 6.07) is 5.52. The van der Waals surface area contributed by atoms with Gasteiger partial charge in [-0.05, 0) is 0 Å². The summed E-state index contributed by atoms with van der Waals surface area (Å²) < 4.78 is 0. The van der Waals surface area contributed by atoms with E-state index in [1.165, 1.54) is 38.6 Å². The van der Waals surface area contributed by atoms with E-state index in [4.69, 9.17) is 0 Å². The average molecular weight is 279 g/mol. The van der Waals surface area contributed by atoms with E-state index in [-0.39, 0.29) is 0 Å². The Morgan fingerprint density at radius 2 is 1.33 bits per heavy atom. The molecule has 0 aromatic heterocycles. The molecule has 0 heterocycles. The molecule has 1 aromatic rings. The molecule has 0 unspecified atom stereocenters. The van der Waals surface area contributed by atoms with E-state index in [1.807, 2.05) is 0 Å². The van der Waals surface area contributed by atoms with Crippen LogP contribution in [0.4, 0.5) is 0 Å². The van der Waals surface area contributed by atoms with Gasteiger partial charge < -0.3 is 0 Å². The van der Waals surface area contributed by atoms with Gasteiger partial charge in [0, 0.05) is 0 Å². The molecule has 0 saturated heterocycles. The molecule has 0 aliphatic carbocycles. The predicted molar refractivity (Wildman–Crippen MR) is 53.2 cm³/mol. The number of halogens is 1. The zero-order valence-corrected chi connectivity index (χ0v) is 12.7. The number of benzene rings is 1. The number of rotatable bonds is 0. The molecule has 0 N–H and O–H groups in total. The molecule has 1 rings (SSSR count). The van der Waals surface area contributed by atoms with E-state index in [2.05, 4.69) is 53.5 Å². The van der Waals surface area contributed by atoms with Gasteiger partial charge in [0.1, 0.15) is 0 Å². The van der Waals surface area contributed by atoms with Crippen LogP contribution in [0.5, 0.6) is 0 Å². The predicted octanol–water partition coefficient (Wildman–Crippen LogP) is 3.56. The topological polar surface area (TPSA) is 0 Å². The Morgan fingerprint density at radius 1 is 1.00 bits per heavy atom. The Hall–Kier alpha value is 0.323. The van der Waals surface area contributed by atoms with Crippen molar-refractivity contribution in [2.45, 2.75) is 27.7 Å². The van der Waals surface area contributed by atoms with Crippen molar-refractivity contribution in [2.24, 2.45) is 0 Å². The van der Waals surface area contributed by atoms with Crippen LogP contribution < -0.4 is 0 Å². The Bertz CT molecular complexity index is 206. The molecule has 0 nitrogen and oxygen atoms in total. The molecule has 0 bridgehead atoms. The van der Waals surface area contributed by atoms with E-state index in [9.17, 15) is 0 Å². The molecule has 2 heteroatoms. The first-order chi connectivity index (χ1) is 5.61. The fraction of sp³-hybridized carbons (Fsp3) is 0.400. The molecule has 0 atom stereocenters. The zero-order chi connectivity index (χ0) is 9.72. The van der Waals surface area contributed by atoms with Crippen molar-refractivity contribution >= 4 is 13.6 Å². The van der Waals surface area contributed by atoms with Crippen LogP contribution in [0.1, 0.15) is 22.3 Å². The molecule has 0 spiro atoms. The zero-order valence-electron chi connectivity index (χ0n) is 8.16. The van der Waals surface area contributed by atoms with E-state index >= 15 is 0 Å². The summed E-state index contributed by atoms with van der Waals surface area (Å²) in [5.41, 5.74) is 5.21. The molecular formula is C10H13BrZn. The number of hydrogen-bond donors (Lipinski definition) is 0. The standard InChI is InChI=1S/C10H13.BrH.Zn/c1-7-5-9(3)10(4)6-8(7)2;;/h5H,1-4H3;1H;/q-1;;+2/p-1. The maximum atomic E-state index is 3.31. The van der Waals surface area contributed by atoms with Crippen molar-refractivity contribution in [2.75, 3.05) is 0 Å². The second-order valence-electron chi connectivity index (χ2n) is 2.89. The fourth-order valence-electron chi connectivity index (χ4n) is 1.02. The monoisotopic (exact) mass is 276 g/mol. The molecule has 0 radical (unpaired) electrons. The van der Waals surface area contributed by atoms with Gasteiger partial charge >= 0.3 is 30.0 Å². The van der Waals surface area contributed by atoms with Crippen molar-refractivity contribution in [3.05, 3.63) is 34.4 Å². The first-order valence-electron chi connectivity index (χ1n) is 3.84. The van der Waals surface area contributed by atoms with Crippen molar-refractivity contribution in [1.29, 1.82) is 0 Å². The van der Waals surface area contributed by atoms with E-state index in [0.717, 1.165) is 0 Å².